The third kappa shape index (κ3) is 3.16. The second kappa shape index (κ2) is 6.41. The third-order valence-electron chi connectivity index (χ3n) is 2.50. The molecule has 2 rings (SSSR count). The molecule has 112 valence electrons. The number of hydrogen-bond acceptors (Lipinski definition) is 4. The summed E-state index contributed by atoms with van der Waals surface area (Å²) in [4.78, 5) is 15.2. The molecule has 1 heterocycles. The van der Waals surface area contributed by atoms with Crippen LogP contribution in [0.25, 0.3) is 11.5 Å². The molecule has 4 nitrogen and oxygen atoms in total. The Morgan fingerprint density at radius 1 is 1.43 bits per heavy atom. The van der Waals surface area contributed by atoms with Gasteiger partial charge in [0.05, 0.1) is 22.2 Å². The summed E-state index contributed by atoms with van der Waals surface area (Å²) in [6.07, 6.45) is -2.99. The van der Waals surface area contributed by atoms with Crippen molar-refractivity contribution in [3.63, 3.8) is 0 Å². The van der Waals surface area contributed by atoms with Gasteiger partial charge in [-0.3, -0.25) is 0 Å². The number of carbonyl (C=O) groups excluding carboxylic acids is 1. The molecular formula is C13H9Cl2F2NO3. The minimum atomic E-state index is -2.99. The molecular weight excluding hydrogens is 327 g/mol. The Hall–Kier alpha value is -1.66. The Labute approximate surface area is 128 Å². The van der Waals surface area contributed by atoms with Gasteiger partial charge in [-0.25, -0.2) is 18.6 Å². The number of aromatic nitrogens is 1. The number of alkyl halides is 2. The molecule has 0 atom stereocenters. The van der Waals surface area contributed by atoms with Gasteiger partial charge in [0.15, 0.2) is 5.69 Å². The third-order valence-corrected chi connectivity index (χ3v) is 3.32. The molecule has 0 unspecified atom stereocenters. The molecule has 0 saturated carbocycles. The van der Waals surface area contributed by atoms with Gasteiger partial charge in [0, 0.05) is 0 Å². The molecule has 0 N–H and O–H groups in total. The predicted molar refractivity (Wildman–Crippen MR) is 72.9 cm³/mol. The summed E-state index contributed by atoms with van der Waals surface area (Å²) in [6.45, 7) is 1.57. The Kier molecular flexibility index (Phi) is 4.80. The molecule has 0 amide bonds. The molecule has 0 saturated heterocycles. The first-order valence-electron chi connectivity index (χ1n) is 5.86. The van der Waals surface area contributed by atoms with Gasteiger partial charge in [0.1, 0.15) is 0 Å². The van der Waals surface area contributed by atoms with E-state index in [-0.39, 0.29) is 28.1 Å². The zero-order valence-corrected chi connectivity index (χ0v) is 12.2. The van der Waals surface area contributed by atoms with E-state index in [4.69, 9.17) is 27.6 Å². The van der Waals surface area contributed by atoms with Crippen LogP contribution >= 0.6 is 23.2 Å². The molecule has 2 aromatic rings. The van der Waals surface area contributed by atoms with Gasteiger partial charge in [-0.15, -0.1) is 0 Å². The lowest BCUT2D eigenvalue weighted by Gasteiger charge is -2.01. The van der Waals surface area contributed by atoms with E-state index in [1.54, 1.807) is 13.0 Å². The minimum Gasteiger partial charge on any atom is -0.460 e. The number of esters is 1. The lowest BCUT2D eigenvalue weighted by atomic mass is 10.2. The fourth-order valence-corrected chi connectivity index (χ4v) is 1.99. The fraction of sp³-hybridized carbons (Fsp3) is 0.231. The summed E-state index contributed by atoms with van der Waals surface area (Å²) in [6, 6.07) is 4.57. The van der Waals surface area contributed by atoms with Crippen molar-refractivity contribution in [2.75, 3.05) is 6.61 Å². The zero-order chi connectivity index (χ0) is 15.6. The molecule has 8 heteroatoms. The molecule has 0 bridgehead atoms. The van der Waals surface area contributed by atoms with E-state index >= 15 is 0 Å². The monoisotopic (exact) mass is 335 g/mol. The first-order chi connectivity index (χ1) is 9.95. The minimum absolute atomic E-state index is 0.0233. The largest absolute Gasteiger partial charge is 0.460 e. The summed E-state index contributed by atoms with van der Waals surface area (Å²) in [5.74, 6) is -1.87. The summed E-state index contributed by atoms with van der Waals surface area (Å²) in [5.41, 5.74) is -0.582. The molecule has 21 heavy (non-hydrogen) atoms. The standard InChI is InChI=1S/C13H9Cl2F2NO3/c1-2-20-13(19)10-9(11(16)17)18-12(21-10)6-4-3-5-7(14)8(6)15/h3-5,11H,2H2,1H3. The van der Waals surface area contributed by atoms with Crippen molar-refractivity contribution in [2.24, 2.45) is 0 Å². The average molecular weight is 336 g/mol. The van der Waals surface area contributed by atoms with Crippen LogP contribution in [0.1, 0.15) is 29.6 Å². The molecule has 0 aliphatic heterocycles. The Morgan fingerprint density at radius 3 is 2.76 bits per heavy atom. The van der Waals surface area contributed by atoms with Gasteiger partial charge in [-0.05, 0) is 19.1 Å². The van der Waals surface area contributed by atoms with Crippen LogP contribution in [0.15, 0.2) is 22.6 Å². The van der Waals surface area contributed by atoms with Crippen LogP contribution in [-0.2, 0) is 4.74 Å². The van der Waals surface area contributed by atoms with Gasteiger partial charge in [0.25, 0.3) is 6.43 Å². The van der Waals surface area contributed by atoms with Crippen LogP contribution < -0.4 is 0 Å². The summed E-state index contributed by atoms with van der Waals surface area (Å²) >= 11 is 11.8. The van der Waals surface area contributed by atoms with E-state index in [0.29, 0.717) is 0 Å². The van der Waals surface area contributed by atoms with E-state index in [1.807, 2.05) is 0 Å². The maximum Gasteiger partial charge on any atom is 0.376 e. The molecule has 1 aromatic carbocycles. The lowest BCUT2D eigenvalue weighted by Crippen LogP contribution is -2.06. The van der Waals surface area contributed by atoms with E-state index in [0.717, 1.165) is 0 Å². The predicted octanol–water partition coefficient (Wildman–Crippen LogP) is 4.76. The van der Waals surface area contributed by atoms with Gasteiger partial charge < -0.3 is 9.15 Å². The van der Waals surface area contributed by atoms with Crippen LogP contribution in [0.5, 0.6) is 0 Å². The molecule has 0 aliphatic carbocycles. The Bertz CT molecular complexity index is 673. The fourth-order valence-electron chi connectivity index (χ4n) is 1.61. The number of carbonyl (C=O) groups is 1. The lowest BCUT2D eigenvalue weighted by molar-refractivity contribution is 0.0476. The number of nitrogens with zero attached hydrogens (tertiary/aromatic N) is 1. The SMILES string of the molecule is CCOC(=O)c1oc(-c2cccc(Cl)c2Cl)nc1C(F)F. The van der Waals surface area contributed by atoms with Crippen molar-refractivity contribution in [1.29, 1.82) is 0 Å². The molecule has 1 aromatic heterocycles. The highest BCUT2D eigenvalue weighted by Crippen LogP contribution is 2.35. The maximum atomic E-state index is 12.9. The smallest absolute Gasteiger partial charge is 0.376 e. The number of rotatable bonds is 4. The van der Waals surface area contributed by atoms with Crippen LogP contribution in [-0.4, -0.2) is 17.6 Å². The van der Waals surface area contributed by atoms with Gasteiger partial charge in [-0.2, -0.15) is 0 Å². The zero-order valence-electron chi connectivity index (χ0n) is 10.7. The van der Waals surface area contributed by atoms with Crippen molar-refractivity contribution in [1.82, 2.24) is 4.98 Å². The summed E-state index contributed by atoms with van der Waals surface area (Å²) in [5, 5.41) is 0.306. The van der Waals surface area contributed by atoms with Gasteiger partial charge >= 0.3 is 5.97 Å². The number of benzene rings is 1. The summed E-state index contributed by atoms with van der Waals surface area (Å²) in [7, 11) is 0. The molecule has 0 spiro atoms. The quantitative estimate of drug-likeness (QED) is 0.755. The van der Waals surface area contributed by atoms with Gasteiger partial charge in [0.2, 0.25) is 11.7 Å². The maximum absolute atomic E-state index is 12.9. The number of oxazole rings is 1. The second-order valence-electron chi connectivity index (χ2n) is 3.86. The Balaban J connectivity index is 2.54. The number of halogens is 4. The normalized spacial score (nSPS) is 11.0. The van der Waals surface area contributed by atoms with Gasteiger partial charge in [-0.1, -0.05) is 29.3 Å². The van der Waals surface area contributed by atoms with Crippen LogP contribution in [0.3, 0.4) is 0 Å². The highest BCUT2D eigenvalue weighted by atomic mass is 35.5. The topological polar surface area (TPSA) is 52.3 Å². The van der Waals surface area contributed by atoms with Crippen LogP contribution in [0.4, 0.5) is 8.78 Å². The van der Waals surface area contributed by atoms with Crippen molar-refractivity contribution in [3.8, 4) is 11.5 Å². The first-order valence-corrected chi connectivity index (χ1v) is 6.61. The number of ether oxygens (including phenoxy) is 1. The first kappa shape index (κ1) is 15.7. The van der Waals surface area contributed by atoms with Crippen LogP contribution in [0, 0.1) is 0 Å². The molecule has 0 radical (unpaired) electrons. The number of hydrogen-bond donors (Lipinski definition) is 0. The second-order valence-corrected chi connectivity index (χ2v) is 4.64. The Morgan fingerprint density at radius 2 is 2.14 bits per heavy atom. The average Bonchev–Trinajstić information content (AvgIpc) is 2.87. The van der Waals surface area contributed by atoms with E-state index < -0.39 is 23.8 Å². The van der Waals surface area contributed by atoms with Crippen molar-refractivity contribution in [3.05, 3.63) is 39.7 Å². The highest BCUT2D eigenvalue weighted by Gasteiger charge is 2.28. The highest BCUT2D eigenvalue weighted by molar-refractivity contribution is 6.43. The van der Waals surface area contributed by atoms with E-state index in [1.165, 1.54) is 12.1 Å². The van der Waals surface area contributed by atoms with Crippen molar-refractivity contribution in [2.45, 2.75) is 13.3 Å². The van der Waals surface area contributed by atoms with E-state index in [9.17, 15) is 13.6 Å². The van der Waals surface area contributed by atoms with E-state index in [2.05, 4.69) is 9.72 Å². The molecule has 0 fully saturated rings. The summed E-state index contributed by atoms with van der Waals surface area (Å²) < 4.78 is 35.7. The van der Waals surface area contributed by atoms with Crippen molar-refractivity contribution >= 4 is 29.2 Å². The van der Waals surface area contributed by atoms with Crippen LogP contribution in [0.2, 0.25) is 10.0 Å². The van der Waals surface area contributed by atoms with Crippen molar-refractivity contribution < 1.29 is 22.7 Å². The molecule has 0 aliphatic rings.